The van der Waals surface area contributed by atoms with E-state index in [0.717, 1.165) is 43.6 Å². The Labute approximate surface area is 176 Å². The van der Waals surface area contributed by atoms with Crippen molar-refractivity contribution in [2.24, 2.45) is 5.41 Å². The number of hydrogen-bond donors (Lipinski definition) is 2. The molecule has 1 aliphatic heterocycles. The van der Waals surface area contributed by atoms with Gasteiger partial charge in [-0.1, -0.05) is 27.2 Å². The van der Waals surface area contributed by atoms with Gasteiger partial charge in [-0.2, -0.15) is 0 Å². The number of aromatic nitrogens is 3. The number of fused-ring (bicyclic) bond motifs is 1. The van der Waals surface area contributed by atoms with E-state index in [2.05, 4.69) is 25.4 Å². The Hall–Kier alpha value is -2.77. The Bertz CT molecular complexity index is 917. The van der Waals surface area contributed by atoms with E-state index in [4.69, 9.17) is 0 Å². The summed E-state index contributed by atoms with van der Waals surface area (Å²) in [5.41, 5.74) is 0.387. The first-order chi connectivity index (χ1) is 14.3. The minimum Gasteiger partial charge on any atom is -0.356 e. The number of benzene rings is 1. The summed E-state index contributed by atoms with van der Waals surface area (Å²) in [7, 11) is 0. The molecule has 0 aliphatic carbocycles. The summed E-state index contributed by atoms with van der Waals surface area (Å²) in [6, 6.07) is 4.61. The molecule has 0 unspecified atom stereocenters. The normalized spacial score (nSPS) is 14.0. The van der Waals surface area contributed by atoms with Crippen LogP contribution in [0, 0.1) is 11.2 Å². The van der Waals surface area contributed by atoms with Crippen molar-refractivity contribution in [3.05, 3.63) is 29.8 Å². The van der Waals surface area contributed by atoms with Crippen molar-refractivity contribution in [2.75, 3.05) is 11.9 Å². The van der Waals surface area contributed by atoms with Crippen molar-refractivity contribution in [2.45, 2.75) is 65.8 Å². The fourth-order valence-corrected chi connectivity index (χ4v) is 3.39. The van der Waals surface area contributed by atoms with E-state index >= 15 is 0 Å². The third-order valence-corrected chi connectivity index (χ3v) is 5.16. The van der Waals surface area contributed by atoms with Gasteiger partial charge in [0.05, 0.1) is 5.69 Å². The summed E-state index contributed by atoms with van der Waals surface area (Å²) in [4.78, 5) is 24.1. The van der Waals surface area contributed by atoms with E-state index in [-0.39, 0.29) is 23.9 Å². The number of hydrogen-bond acceptors (Lipinski definition) is 4. The number of anilines is 1. The molecule has 0 fully saturated rings. The van der Waals surface area contributed by atoms with E-state index < -0.39 is 11.2 Å². The molecule has 3 rings (SSSR count). The van der Waals surface area contributed by atoms with Gasteiger partial charge in [0.2, 0.25) is 11.8 Å². The van der Waals surface area contributed by atoms with E-state index in [0.29, 0.717) is 18.8 Å². The highest BCUT2D eigenvalue weighted by Crippen LogP contribution is 2.26. The summed E-state index contributed by atoms with van der Waals surface area (Å²) < 4.78 is 16.4. The molecule has 2 heterocycles. The molecule has 7 nitrogen and oxygen atoms in total. The SMILES string of the molecule is CC(C)(C)C(=O)NCCCC(=O)Nc1cc(-c2nnc3n2CCCCC3)ccc1F. The molecule has 0 spiro atoms. The number of nitrogens with zero attached hydrogens (tertiary/aromatic N) is 3. The maximum absolute atomic E-state index is 14.3. The van der Waals surface area contributed by atoms with E-state index in [1.54, 1.807) is 12.1 Å². The third kappa shape index (κ3) is 5.43. The first-order valence-electron chi connectivity index (χ1n) is 10.6. The Balaban J connectivity index is 1.61. The maximum Gasteiger partial charge on any atom is 0.225 e. The molecule has 30 heavy (non-hydrogen) atoms. The van der Waals surface area contributed by atoms with Gasteiger partial charge in [-0.25, -0.2) is 4.39 Å². The average molecular weight is 416 g/mol. The summed E-state index contributed by atoms with van der Waals surface area (Å²) in [6.45, 7) is 6.74. The van der Waals surface area contributed by atoms with Crippen LogP contribution in [0.25, 0.3) is 11.4 Å². The second-order valence-electron chi connectivity index (χ2n) is 8.75. The molecule has 0 saturated carbocycles. The molecule has 0 radical (unpaired) electrons. The van der Waals surface area contributed by atoms with Crippen LogP contribution in [-0.2, 0) is 22.6 Å². The standard InChI is InChI=1S/C22H30FN5O2/c1-22(2,3)21(30)24-12-7-9-19(29)25-17-14-15(10-11-16(17)23)20-27-26-18-8-5-4-6-13-28(18)20/h10-11,14H,4-9,12-13H2,1-3H3,(H,24,30)(H,25,29). The van der Waals surface area contributed by atoms with E-state index in [1.165, 1.54) is 6.07 Å². The number of nitrogens with one attached hydrogen (secondary N) is 2. The first kappa shape index (κ1) is 21.9. The Morgan fingerprint density at radius 3 is 2.73 bits per heavy atom. The maximum atomic E-state index is 14.3. The van der Waals surface area contributed by atoms with Crippen molar-refractivity contribution < 1.29 is 14.0 Å². The van der Waals surface area contributed by atoms with Crippen LogP contribution in [-0.4, -0.2) is 33.1 Å². The summed E-state index contributed by atoms with van der Waals surface area (Å²) >= 11 is 0. The molecule has 1 aromatic carbocycles. The average Bonchev–Trinajstić information content (AvgIpc) is 2.94. The number of carbonyl (C=O) groups is 2. The molecule has 0 bridgehead atoms. The van der Waals surface area contributed by atoms with Crippen molar-refractivity contribution in [1.29, 1.82) is 0 Å². The molecule has 1 aromatic heterocycles. The molecule has 2 N–H and O–H groups in total. The first-order valence-corrected chi connectivity index (χ1v) is 10.6. The highest BCUT2D eigenvalue weighted by molar-refractivity contribution is 5.91. The minimum absolute atomic E-state index is 0.0610. The number of rotatable bonds is 6. The van der Waals surface area contributed by atoms with Crippen LogP contribution in [0.3, 0.4) is 0 Å². The highest BCUT2D eigenvalue weighted by atomic mass is 19.1. The fourth-order valence-electron chi connectivity index (χ4n) is 3.39. The van der Waals surface area contributed by atoms with Gasteiger partial charge in [0.1, 0.15) is 11.6 Å². The smallest absolute Gasteiger partial charge is 0.225 e. The molecule has 0 saturated heterocycles. The largest absolute Gasteiger partial charge is 0.356 e. The lowest BCUT2D eigenvalue weighted by Crippen LogP contribution is -2.35. The van der Waals surface area contributed by atoms with Gasteiger partial charge < -0.3 is 15.2 Å². The zero-order chi connectivity index (χ0) is 21.7. The second kappa shape index (κ2) is 9.36. The molecule has 2 amide bonds. The molecule has 8 heteroatoms. The third-order valence-electron chi connectivity index (χ3n) is 5.16. The van der Waals surface area contributed by atoms with Gasteiger partial charge in [-0.15, -0.1) is 10.2 Å². The topological polar surface area (TPSA) is 88.9 Å². The quantitative estimate of drug-likeness (QED) is 0.704. The Morgan fingerprint density at radius 1 is 1.17 bits per heavy atom. The molecule has 0 atom stereocenters. The summed E-state index contributed by atoms with van der Waals surface area (Å²) in [5, 5.41) is 14.0. The van der Waals surface area contributed by atoms with Crippen LogP contribution in [0.2, 0.25) is 0 Å². The van der Waals surface area contributed by atoms with Crippen LogP contribution in [0.5, 0.6) is 0 Å². The van der Waals surface area contributed by atoms with E-state index in [9.17, 15) is 14.0 Å². The number of aryl methyl sites for hydroxylation is 1. The fraction of sp³-hybridized carbons (Fsp3) is 0.545. The zero-order valence-electron chi connectivity index (χ0n) is 17.9. The lowest BCUT2D eigenvalue weighted by Gasteiger charge is -2.17. The van der Waals surface area contributed by atoms with Gasteiger partial charge >= 0.3 is 0 Å². The van der Waals surface area contributed by atoms with Crippen molar-refractivity contribution in [3.63, 3.8) is 0 Å². The van der Waals surface area contributed by atoms with Crippen molar-refractivity contribution in [3.8, 4) is 11.4 Å². The number of amides is 2. The number of halogens is 1. The molecular formula is C22H30FN5O2. The molecular weight excluding hydrogens is 385 g/mol. The van der Waals surface area contributed by atoms with Gasteiger partial charge in [0, 0.05) is 36.9 Å². The Morgan fingerprint density at radius 2 is 1.97 bits per heavy atom. The van der Waals surface area contributed by atoms with Gasteiger partial charge in [-0.3, -0.25) is 9.59 Å². The molecule has 2 aromatic rings. The Kier molecular flexibility index (Phi) is 6.84. The zero-order valence-corrected chi connectivity index (χ0v) is 17.9. The molecule has 1 aliphatic rings. The van der Waals surface area contributed by atoms with Crippen molar-refractivity contribution in [1.82, 2.24) is 20.1 Å². The summed E-state index contributed by atoms with van der Waals surface area (Å²) in [5.74, 6) is 0.802. The van der Waals surface area contributed by atoms with Crippen LogP contribution in [0.4, 0.5) is 10.1 Å². The predicted octanol–water partition coefficient (Wildman–Crippen LogP) is 3.69. The van der Waals surface area contributed by atoms with Crippen LogP contribution >= 0.6 is 0 Å². The predicted molar refractivity (Wildman–Crippen MR) is 113 cm³/mol. The van der Waals surface area contributed by atoms with Gasteiger partial charge in [0.15, 0.2) is 5.82 Å². The van der Waals surface area contributed by atoms with Crippen LogP contribution in [0.1, 0.15) is 58.7 Å². The van der Waals surface area contributed by atoms with Gasteiger partial charge in [-0.05, 0) is 37.5 Å². The number of carbonyl (C=O) groups excluding carboxylic acids is 2. The van der Waals surface area contributed by atoms with Crippen molar-refractivity contribution >= 4 is 17.5 Å². The van der Waals surface area contributed by atoms with E-state index in [1.807, 2.05) is 20.8 Å². The lowest BCUT2D eigenvalue weighted by atomic mass is 9.96. The monoisotopic (exact) mass is 415 g/mol. The van der Waals surface area contributed by atoms with Crippen LogP contribution < -0.4 is 10.6 Å². The van der Waals surface area contributed by atoms with Crippen LogP contribution in [0.15, 0.2) is 18.2 Å². The lowest BCUT2D eigenvalue weighted by molar-refractivity contribution is -0.128. The second-order valence-corrected chi connectivity index (χ2v) is 8.75. The molecule has 162 valence electrons. The van der Waals surface area contributed by atoms with Gasteiger partial charge in [0.25, 0.3) is 0 Å². The summed E-state index contributed by atoms with van der Waals surface area (Å²) in [6.07, 6.45) is 4.88. The highest BCUT2D eigenvalue weighted by Gasteiger charge is 2.20. The minimum atomic E-state index is -0.497.